The molecule has 5 aromatic rings. The van der Waals surface area contributed by atoms with Crippen molar-refractivity contribution >= 4 is 28.1 Å². The van der Waals surface area contributed by atoms with E-state index in [0.717, 1.165) is 40.0 Å². The Morgan fingerprint density at radius 3 is 2.77 bits per heavy atom. The Balaban J connectivity index is 1.53. The number of amides is 1. The number of aromatic nitrogens is 6. The van der Waals surface area contributed by atoms with Crippen molar-refractivity contribution in [1.82, 2.24) is 28.9 Å². The first kappa shape index (κ1) is 18.1. The lowest BCUT2D eigenvalue weighted by atomic mass is 10.1. The highest BCUT2D eigenvalue weighted by Crippen LogP contribution is 2.28. The Morgan fingerprint density at radius 1 is 1.07 bits per heavy atom. The Kier molecular flexibility index (Phi) is 4.31. The Labute approximate surface area is 172 Å². The number of hydrogen-bond donors (Lipinski definition) is 1. The lowest BCUT2D eigenvalue weighted by molar-refractivity contribution is 0.102. The maximum atomic E-state index is 13.0. The topological polar surface area (TPSA) is 82.0 Å². The zero-order valence-corrected chi connectivity index (χ0v) is 16.8. The van der Waals surface area contributed by atoms with Crippen LogP contribution in [-0.4, -0.2) is 34.9 Å². The summed E-state index contributed by atoms with van der Waals surface area (Å²) in [5.41, 5.74) is 4.81. The Hall–Kier alpha value is -3.94. The molecule has 1 amide bonds. The molecule has 0 aliphatic heterocycles. The van der Waals surface area contributed by atoms with Gasteiger partial charge >= 0.3 is 0 Å². The van der Waals surface area contributed by atoms with Gasteiger partial charge in [0.1, 0.15) is 11.3 Å². The van der Waals surface area contributed by atoms with Crippen LogP contribution in [0.2, 0.25) is 0 Å². The molecule has 0 aliphatic carbocycles. The molecule has 0 aliphatic rings. The van der Waals surface area contributed by atoms with Crippen molar-refractivity contribution in [3.05, 3.63) is 78.1 Å². The summed E-state index contributed by atoms with van der Waals surface area (Å²) in [4.78, 5) is 17.3. The number of hydrogen-bond acceptors (Lipinski definition) is 4. The number of imidazole rings is 1. The largest absolute Gasteiger partial charge is 0.320 e. The quantitative estimate of drug-likeness (QED) is 0.492. The van der Waals surface area contributed by atoms with Crippen LogP contribution < -0.4 is 5.32 Å². The van der Waals surface area contributed by atoms with Gasteiger partial charge in [-0.3, -0.25) is 18.6 Å². The van der Waals surface area contributed by atoms with Crippen LogP contribution in [0.4, 0.5) is 5.69 Å². The van der Waals surface area contributed by atoms with E-state index in [1.54, 1.807) is 15.3 Å². The number of carbonyl (C=O) groups excluding carboxylic acids is 1. The zero-order valence-electron chi connectivity index (χ0n) is 16.8. The minimum absolute atomic E-state index is 0.208. The Bertz CT molecular complexity index is 1370. The average molecular weight is 399 g/mol. The number of carbonyl (C=O) groups is 1. The van der Waals surface area contributed by atoms with Crippen LogP contribution in [0, 0.1) is 0 Å². The molecule has 8 nitrogen and oxygen atoms in total. The fourth-order valence-corrected chi connectivity index (χ4v) is 3.77. The van der Waals surface area contributed by atoms with E-state index in [2.05, 4.69) is 22.3 Å². The first-order valence-corrected chi connectivity index (χ1v) is 9.84. The molecule has 4 heterocycles. The predicted molar refractivity (Wildman–Crippen MR) is 115 cm³/mol. The summed E-state index contributed by atoms with van der Waals surface area (Å²) in [6.45, 7) is 2.64. The minimum atomic E-state index is -0.208. The van der Waals surface area contributed by atoms with Crippen LogP contribution in [0.15, 0.2) is 61.1 Å². The van der Waals surface area contributed by atoms with Crippen molar-refractivity contribution in [2.45, 2.75) is 19.9 Å². The number of anilines is 1. The highest BCUT2D eigenvalue weighted by Gasteiger charge is 2.18. The third-order valence-corrected chi connectivity index (χ3v) is 5.16. The molecule has 0 unspecified atom stereocenters. The van der Waals surface area contributed by atoms with E-state index in [0.29, 0.717) is 12.2 Å². The summed E-state index contributed by atoms with van der Waals surface area (Å²) in [6, 6.07) is 13.5. The van der Waals surface area contributed by atoms with E-state index in [1.807, 2.05) is 66.6 Å². The molecule has 8 heteroatoms. The van der Waals surface area contributed by atoms with Crippen molar-refractivity contribution in [2.24, 2.45) is 7.05 Å². The maximum absolute atomic E-state index is 13.0. The molecular weight excluding hydrogens is 378 g/mol. The van der Waals surface area contributed by atoms with E-state index in [9.17, 15) is 4.79 Å². The van der Waals surface area contributed by atoms with Gasteiger partial charge in [-0.05, 0) is 36.8 Å². The lowest BCUT2D eigenvalue weighted by Gasteiger charge is -2.08. The van der Waals surface area contributed by atoms with Gasteiger partial charge in [0.15, 0.2) is 0 Å². The number of nitrogens with one attached hydrogen (secondary N) is 1. The second-order valence-electron chi connectivity index (χ2n) is 7.16. The fraction of sp³-hybridized carbons (Fsp3) is 0.182. The highest BCUT2D eigenvalue weighted by atomic mass is 16.1. The summed E-state index contributed by atoms with van der Waals surface area (Å²) in [5.74, 6) is -0.208. The van der Waals surface area contributed by atoms with Gasteiger partial charge in [0.05, 0.1) is 35.3 Å². The van der Waals surface area contributed by atoms with E-state index in [4.69, 9.17) is 5.10 Å². The van der Waals surface area contributed by atoms with Gasteiger partial charge in [-0.2, -0.15) is 10.2 Å². The molecule has 0 saturated carbocycles. The number of pyridine rings is 1. The molecule has 1 aromatic carbocycles. The van der Waals surface area contributed by atoms with Crippen molar-refractivity contribution in [2.75, 3.05) is 5.32 Å². The smallest absolute Gasteiger partial charge is 0.274 e. The van der Waals surface area contributed by atoms with Gasteiger partial charge in [0.2, 0.25) is 0 Å². The molecule has 0 saturated heterocycles. The van der Waals surface area contributed by atoms with Gasteiger partial charge in [-0.1, -0.05) is 19.1 Å². The number of rotatable bonds is 5. The summed E-state index contributed by atoms with van der Waals surface area (Å²) in [6.07, 6.45) is 6.10. The number of aryl methyl sites for hydroxylation is 2. The van der Waals surface area contributed by atoms with Crippen molar-refractivity contribution in [3.63, 3.8) is 0 Å². The van der Waals surface area contributed by atoms with Crippen molar-refractivity contribution in [3.8, 4) is 0 Å². The van der Waals surface area contributed by atoms with Crippen LogP contribution in [0.3, 0.4) is 0 Å². The monoisotopic (exact) mass is 399 g/mol. The lowest BCUT2D eigenvalue weighted by Crippen LogP contribution is -2.14. The summed E-state index contributed by atoms with van der Waals surface area (Å²) < 4.78 is 5.50. The molecule has 0 atom stereocenters. The molecule has 30 heavy (non-hydrogen) atoms. The van der Waals surface area contributed by atoms with Crippen LogP contribution >= 0.6 is 0 Å². The molecule has 5 rings (SSSR count). The van der Waals surface area contributed by atoms with Gasteiger partial charge in [0, 0.05) is 24.8 Å². The zero-order chi connectivity index (χ0) is 20.7. The standard InChI is InChI=1S/C22H21N7O/c1-3-16-21-17(24-22(30)19-13-23-20-9-4-5-11-28(19)20)7-6-8-18(21)29(26-16)14-15-10-12-27(2)25-15/h4-13H,3,14H2,1-2H3,(H,24,30). The molecule has 1 N–H and O–H groups in total. The van der Waals surface area contributed by atoms with E-state index in [1.165, 1.54) is 0 Å². The SMILES string of the molecule is CCc1nn(Cc2ccn(C)n2)c2cccc(NC(=O)c3cnc4ccccn34)c12. The van der Waals surface area contributed by atoms with Crippen molar-refractivity contribution < 1.29 is 4.79 Å². The maximum Gasteiger partial charge on any atom is 0.274 e. The van der Waals surface area contributed by atoms with E-state index < -0.39 is 0 Å². The second-order valence-corrected chi connectivity index (χ2v) is 7.16. The van der Waals surface area contributed by atoms with Crippen LogP contribution in [0.1, 0.15) is 28.8 Å². The third-order valence-electron chi connectivity index (χ3n) is 5.16. The predicted octanol–water partition coefficient (Wildman–Crippen LogP) is 3.28. The van der Waals surface area contributed by atoms with Gasteiger partial charge in [-0.25, -0.2) is 4.98 Å². The minimum Gasteiger partial charge on any atom is -0.320 e. The molecule has 0 radical (unpaired) electrons. The van der Waals surface area contributed by atoms with Gasteiger partial charge in [0.25, 0.3) is 5.91 Å². The van der Waals surface area contributed by atoms with Crippen LogP contribution in [0.5, 0.6) is 0 Å². The van der Waals surface area contributed by atoms with Crippen LogP contribution in [-0.2, 0) is 20.0 Å². The van der Waals surface area contributed by atoms with Crippen LogP contribution in [0.25, 0.3) is 16.6 Å². The van der Waals surface area contributed by atoms with Crippen molar-refractivity contribution in [1.29, 1.82) is 0 Å². The molecule has 4 aromatic heterocycles. The highest BCUT2D eigenvalue weighted by molar-refractivity contribution is 6.08. The van der Waals surface area contributed by atoms with Gasteiger partial charge in [-0.15, -0.1) is 0 Å². The van der Waals surface area contributed by atoms with Gasteiger partial charge < -0.3 is 5.32 Å². The summed E-state index contributed by atoms with van der Waals surface area (Å²) in [7, 11) is 1.90. The molecule has 0 fully saturated rings. The molecular formula is C22H21N7O. The van der Waals surface area contributed by atoms with E-state index in [-0.39, 0.29) is 5.91 Å². The summed E-state index contributed by atoms with van der Waals surface area (Å²) in [5, 5.41) is 13.3. The first-order valence-electron chi connectivity index (χ1n) is 9.84. The fourth-order valence-electron chi connectivity index (χ4n) is 3.77. The molecule has 0 spiro atoms. The first-order chi connectivity index (χ1) is 14.6. The normalized spacial score (nSPS) is 11.4. The Morgan fingerprint density at radius 2 is 1.97 bits per heavy atom. The number of fused-ring (bicyclic) bond motifs is 2. The third kappa shape index (κ3) is 3.02. The summed E-state index contributed by atoms with van der Waals surface area (Å²) >= 11 is 0. The molecule has 150 valence electrons. The number of benzene rings is 1. The second kappa shape index (κ2) is 7.14. The average Bonchev–Trinajstić information content (AvgIpc) is 3.46. The van der Waals surface area contributed by atoms with E-state index >= 15 is 0 Å². The number of nitrogens with zero attached hydrogens (tertiary/aromatic N) is 6. The molecule has 0 bridgehead atoms.